The zero-order valence-corrected chi connectivity index (χ0v) is 11.9. The predicted molar refractivity (Wildman–Crippen MR) is 71.6 cm³/mol. The van der Waals surface area contributed by atoms with E-state index < -0.39 is 18.0 Å². The van der Waals surface area contributed by atoms with Crippen LogP contribution in [0.5, 0.6) is 0 Å². The highest BCUT2D eigenvalue weighted by molar-refractivity contribution is 8.04. The second kappa shape index (κ2) is 5.05. The number of amides is 1. The molecule has 20 heavy (non-hydrogen) atoms. The van der Waals surface area contributed by atoms with Gasteiger partial charge in [0.25, 0.3) is 0 Å². The molecule has 0 aromatic rings. The average Bonchev–Trinajstić information content (AvgIpc) is 2.95. The number of hydrogen-bond acceptors (Lipinski definition) is 5. The predicted octanol–water partition coefficient (Wildman–Crippen LogP) is 0.764. The third-order valence-electron chi connectivity index (χ3n) is 4.01. The van der Waals surface area contributed by atoms with Gasteiger partial charge in [-0.3, -0.25) is 9.69 Å². The van der Waals surface area contributed by atoms with Gasteiger partial charge in [0.05, 0.1) is 18.1 Å². The van der Waals surface area contributed by atoms with Crippen LogP contribution in [0.15, 0.2) is 10.6 Å². The molecule has 3 aliphatic rings. The highest BCUT2D eigenvalue weighted by atomic mass is 32.2. The highest BCUT2D eigenvalue weighted by Gasteiger charge is 2.57. The summed E-state index contributed by atoms with van der Waals surface area (Å²) in [6.45, 7) is 2.28. The smallest absolute Gasteiger partial charge is 0.353 e. The standard InChI is InChI=1S/C13H17NO5S/c1-6(15)9-11(16)14-10(13(17)18)8(20-12(9)14)5-7-3-2-4-19-7/h6-7,9,12,15H,2-5H2,1H3,(H,17,18)/t6-,7-,9+,12-/m1/s1. The lowest BCUT2D eigenvalue weighted by Crippen LogP contribution is -2.60. The summed E-state index contributed by atoms with van der Waals surface area (Å²) < 4.78 is 5.54. The summed E-state index contributed by atoms with van der Waals surface area (Å²) in [5.41, 5.74) is 0.0809. The van der Waals surface area contributed by atoms with E-state index >= 15 is 0 Å². The maximum atomic E-state index is 12.0. The molecule has 1 amide bonds. The molecule has 0 bridgehead atoms. The van der Waals surface area contributed by atoms with E-state index in [9.17, 15) is 19.8 Å². The first-order chi connectivity index (χ1) is 9.50. The molecule has 4 atom stereocenters. The van der Waals surface area contributed by atoms with E-state index in [0.717, 1.165) is 12.8 Å². The lowest BCUT2D eigenvalue weighted by Gasteiger charge is -2.43. The van der Waals surface area contributed by atoms with Crippen molar-refractivity contribution in [1.29, 1.82) is 0 Å². The largest absolute Gasteiger partial charge is 0.477 e. The Balaban J connectivity index is 1.81. The number of ether oxygens (including phenoxy) is 1. The Hall–Kier alpha value is -1.05. The number of carboxylic acid groups (broad SMARTS) is 1. The molecule has 7 heteroatoms. The van der Waals surface area contributed by atoms with Gasteiger partial charge >= 0.3 is 5.97 Å². The molecular weight excluding hydrogens is 282 g/mol. The summed E-state index contributed by atoms with van der Waals surface area (Å²) in [5.74, 6) is -1.88. The Labute approximate surface area is 120 Å². The number of carboxylic acids is 1. The van der Waals surface area contributed by atoms with Crippen LogP contribution in [-0.4, -0.2) is 51.2 Å². The Morgan fingerprint density at radius 1 is 1.60 bits per heavy atom. The second-order valence-electron chi connectivity index (χ2n) is 5.40. The van der Waals surface area contributed by atoms with Gasteiger partial charge in [0.1, 0.15) is 11.1 Å². The van der Waals surface area contributed by atoms with E-state index in [0.29, 0.717) is 17.9 Å². The van der Waals surface area contributed by atoms with Crippen LogP contribution < -0.4 is 0 Å². The molecular formula is C13H17NO5S. The van der Waals surface area contributed by atoms with Crippen LogP contribution in [0.1, 0.15) is 26.2 Å². The zero-order chi connectivity index (χ0) is 14.4. The number of hydrogen-bond donors (Lipinski definition) is 2. The fraction of sp³-hybridized carbons (Fsp3) is 0.692. The third kappa shape index (κ3) is 2.04. The molecule has 0 spiro atoms. The number of fused-ring (bicyclic) bond motifs is 1. The Bertz CT molecular complexity index is 483. The van der Waals surface area contributed by atoms with E-state index in [2.05, 4.69) is 0 Å². The fourth-order valence-electron chi connectivity index (χ4n) is 3.01. The maximum absolute atomic E-state index is 12.0. The van der Waals surface area contributed by atoms with E-state index in [4.69, 9.17) is 4.74 Å². The van der Waals surface area contributed by atoms with Crippen molar-refractivity contribution in [1.82, 2.24) is 4.90 Å². The first-order valence-electron chi connectivity index (χ1n) is 6.76. The van der Waals surface area contributed by atoms with Crippen LogP contribution in [0, 0.1) is 5.92 Å². The number of aliphatic hydroxyl groups excluding tert-OH is 1. The van der Waals surface area contributed by atoms with Crippen LogP contribution in [0.25, 0.3) is 0 Å². The Morgan fingerprint density at radius 2 is 2.35 bits per heavy atom. The van der Waals surface area contributed by atoms with Gasteiger partial charge in [-0.2, -0.15) is 0 Å². The summed E-state index contributed by atoms with van der Waals surface area (Å²) in [5, 5.41) is 18.7. The van der Waals surface area contributed by atoms with Crippen LogP contribution >= 0.6 is 11.8 Å². The highest BCUT2D eigenvalue weighted by Crippen LogP contribution is 2.51. The van der Waals surface area contributed by atoms with Gasteiger partial charge in [0.2, 0.25) is 5.91 Å². The molecule has 0 aliphatic carbocycles. The number of rotatable bonds is 4. The minimum atomic E-state index is -1.08. The minimum Gasteiger partial charge on any atom is -0.477 e. The first-order valence-corrected chi connectivity index (χ1v) is 7.64. The minimum absolute atomic E-state index is 0.0469. The van der Waals surface area contributed by atoms with Crippen LogP contribution in [0.2, 0.25) is 0 Å². The topological polar surface area (TPSA) is 87.1 Å². The van der Waals surface area contributed by atoms with Gasteiger partial charge in [-0.1, -0.05) is 0 Å². The van der Waals surface area contributed by atoms with Crippen LogP contribution in [-0.2, 0) is 14.3 Å². The number of aliphatic hydroxyl groups is 1. The lowest BCUT2D eigenvalue weighted by molar-refractivity contribution is -0.156. The van der Waals surface area contributed by atoms with Gasteiger partial charge < -0.3 is 14.9 Å². The summed E-state index contributed by atoms with van der Waals surface area (Å²) in [6, 6.07) is 0. The number of carbonyl (C=O) groups is 2. The number of nitrogens with zero attached hydrogens (tertiary/aromatic N) is 1. The van der Waals surface area contributed by atoms with E-state index in [1.54, 1.807) is 6.92 Å². The number of carbonyl (C=O) groups excluding carboxylic acids is 1. The molecule has 6 nitrogen and oxygen atoms in total. The molecule has 3 aliphatic heterocycles. The molecule has 2 saturated heterocycles. The molecule has 110 valence electrons. The molecule has 0 saturated carbocycles. The van der Waals surface area contributed by atoms with Gasteiger partial charge in [0.15, 0.2) is 0 Å². The van der Waals surface area contributed by atoms with Crippen molar-refractivity contribution >= 4 is 23.6 Å². The van der Waals surface area contributed by atoms with Crippen molar-refractivity contribution in [3.05, 3.63) is 10.6 Å². The molecule has 2 fully saturated rings. The Kier molecular flexibility index (Phi) is 3.51. The lowest BCUT2D eigenvalue weighted by atomic mass is 9.92. The maximum Gasteiger partial charge on any atom is 0.353 e. The molecule has 0 radical (unpaired) electrons. The van der Waals surface area contributed by atoms with Gasteiger partial charge in [-0.15, -0.1) is 11.8 Å². The summed E-state index contributed by atoms with van der Waals surface area (Å²) in [4.78, 5) is 25.4. The van der Waals surface area contributed by atoms with Crippen molar-refractivity contribution in [2.45, 2.75) is 43.8 Å². The van der Waals surface area contributed by atoms with E-state index in [-0.39, 0.29) is 23.1 Å². The van der Waals surface area contributed by atoms with Crippen molar-refractivity contribution in [3.63, 3.8) is 0 Å². The van der Waals surface area contributed by atoms with E-state index in [1.807, 2.05) is 0 Å². The molecule has 3 rings (SSSR count). The van der Waals surface area contributed by atoms with Crippen LogP contribution in [0.3, 0.4) is 0 Å². The van der Waals surface area contributed by atoms with E-state index in [1.165, 1.54) is 16.7 Å². The molecule has 0 aromatic carbocycles. The van der Waals surface area contributed by atoms with Crippen molar-refractivity contribution in [2.24, 2.45) is 5.92 Å². The second-order valence-corrected chi connectivity index (χ2v) is 6.61. The first kappa shape index (κ1) is 13.9. The van der Waals surface area contributed by atoms with Crippen molar-refractivity contribution in [3.8, 4) is 0 Å². The normalized spacial score (nSPS) is 34.2. The van der Waals surface area contributed by atoms with Crippen molar-refractivity contribution < 1.29 is 24.5 Å². The fourth-order valence-corrected chi connectivity index (χ4v) is 4.69. The SMILES string of the molecule is C[C@@H](O)[C@H]1C(=O)N2C(C(=O)O)=C(C[C@H]3CCCO3)S[C@H]12. The van der Waals surface area contributed by atoms with Crippen LogP contribution in [0.4, 0.5) is 0 Å². The zero-order valence-electron chi connectivity index (χ0n) is 11.1. The Morgan fingerprint density at radius 3 is 2.90 bits per heavy atom. The summed E-state index contributed by atoms with van der Waals surface area (Å²) >= 11 is 1.39. The van der Waals surface area contributed by atoms with Gasteiger partial charge in [0, 0.05) is 17.9 Å². The monoisotopic (exact) mass is 299 g/mol. The number of thioether (sulfide) groups is 1. The summed E-state index contributed by atoms with van der Waals surface area (Å²) in [7, 11) is 0. The average molecular weight is 299 g/mol. The molecule has 3 heterocycles. The van der Waals surface area contributed by atoms with Crippen molar-refractivity contribution in [2.75, 3.05) is 6.61 Å². The van der Waals surface area contributed by atoms with Gasteiger partial charge in [-0.25, -0.2) is 4.79 Å². The molecule has 0 aromatic heterocycles. The molecule has 0 unspecified atom stereocenters. The third-order valence-corrected chi connectivity index (χ3v) is 5.40. The quantitative estimate of drug-likeness (QED) is 0.745. The number of β-lactam (4-membered cyclic amide) rings is 1. The number of aliphatic carboxylic acids is 1. The molecule has 2 N–H and O–H groups in total. The van der Waals surface area contributed by atoms with Gasteiger partial charge in [-0.05, 0) is 19.8 Å². The summed E-state index contributed by atoms with van der Waals surface area (Å²) in [6.07, 6.45) is 1.75.